The van der Waals surface area contributed by atoms with Gasteiger partial charge >= 0.3 is 0 Å². The Bertz CT molecular complexity index is 281. The van der Waals surface area contributed by atoms with Crippen molar-refractivity contribution >= 4 is 0 Å². The Hall–Kier alpha value is -0.940. The summed E-state index contributed by atoms with van der Waals surface area (Å²) in [7, 11) is 1.90. The van der Waals surface area contributed by atoms with Crippen LogP contribution in [-0.4, -0.2) is 39.1 Å². The quantitative estimate of drug-likeness (QED) is 0.711. The number of nitrogens with one attached hydrogen (secondary N) is 1. The largest absolute Gasteiger partial charge is 0.394 e. The minimum Gasteiger partial charge on any atom is -0.394 e. The third-order valence-corrected chi connectivity index (χ3v) is 3.23. The van der Waals surface area contributed by atoms with E-state index < -0.39 is 0 Å². The molecular formula is C9H16N4O. The van der Waals surface area contributed by atoms with Gasteiger partial charge in [-0.05, 0) is 26.3 Å². The molecule has 1 heterocycles. The Labute approximate surface area is 83.2 Å². The van der Waals surface area contributed by atoms with Gasteiger partial charge in [0.1, 0.15) is 12.7 Å². The monoisotopic (exact) mass is 196 g/mol. The fourth-order valence-corrected chi connectivity index (χ4v) is 2.18. The van der Waals surface area contributed by atoms with Crippen LogP contribution in [0.25, 0.3) is 0 Å². The molecule has 0 aromatic carbocycles. The van der Waals surface area contributed by atoms with E-state index in [1.807, 2.05) is 11.7 Å². The summed E-state index contributed by atoms with van der Waals surface area (Å²) < 4.78 is 1.88. The van der Waals surface area contributed by atoms with Gasteiger partial charge in [0.15, 0.2) is 0 Å². The molecule has 5 nitrogen and oxygen atoms in total. The smallest absolute Gasteiger partial charge is 0.137 e. The first-order valence-electron chi connectivity index (χ1n) is 4.93. The van der Waals surface area contributed by atoms with Crippen LogP contribution in [0.4, 0.5) is 0 Å². The van der Waals surface area contributed by atoms with Crippen molar-refractivity contribution in [2.24, 2.45) is 0 Å². The van der Waals surface area contributed by atoms with Crippen molar-refractivity contribution in [2.45, 2.75) is 30.8 Å². The first kappa shape index (κ1) is 9.61. The second kappa shape index (κ2) is 3.67. The average molecular weight is 196 g/mol. The van der Waals surface area contributed by atoms with Gasteiger partial charge in [-0.25, -0.2) is 9.67 Å². The lowest BCUT2D eigenvalue weighted by atomic mass is 9.99. The summed E-state index contributed by atoms with van der Waals surface area (Å²) in [6.45, 7) is 0.189. The third-order valence-electron chi connectivity index (χ3n) is 3.23. The van der Waals surface area contributed by atoms with Gasteiger partial charge in [-0.3, -0.25) is 0 Å². The molecule has 0 bridgehead atoms. The van der Waals surface area contributed by atoms with Crippen LogP contribution in [0, 0.1) is 0 Å². The van der Waals surface area contributed by atoms with Gasteiger partial charge in [0.25, 0.3) is 0 Å². The predicted octanol–water partition coefficient (Wildman–Crippen LogP) is -0.0464. The molecule has 0 spiro atoms. The molecule has 1 aromatic rings. The van der Waals surface area contributed by atoms with Crippen molar-refractivity contribution < 1.29 is 5.11 Å². The maximum absolute atomic E-state index is 9.32. The van der Waals surface area contributed by atoms with E-state index in [1.165, 1.54) is 0 Å². The summed E-state index contributed by atoms with van der Waals surface area (Å²) in [4.78, 5) is 3.94. The Morgan fingerprint density at radius 1 is 1.71 bits per heavy atom. The number of aromatic nitrogens is 3. The van der Waals surface area contributed by atoms with Crippen LogP contribution in [0.3, 0.4) is 0 Å². The van der Waals surface area contributed by atoms with Crippen molar-refractivity contribution in [1.82, 2.24) is 20.1 Å². The van der Waals surface area contributed by atoms with E-state index in [0.29, 0.717) is 6.04 Å². The normalized spacial score (nSPS) is 32.3. The molecule has 0 radical (unpaired) electrons. The average Bonchev–Trinajstić information content (AvgIpc) is 2.87. The molecular weight excluding hydrogens is 180 g/mol. The van der Waals surface area contributed by atoms with E-state index in [1.54, 1.807) is 12.7 Å². The fourth-order valence-electron chi connectivity index (χ4n) is 2.18. The molecule has 2 rings (SSSR count). The van der Waals surface area contributed by atoms with Crippen molar-refractivity contribution in [3.8, 4) is 0 Å². The van der Waals surface area contributed by atoms with E-state index in [4.69, 9.17) is 0 Å². The molecule has 14 heavy (non-hydrogen) atoms. The number of aliphatic hydroxyl groups is 1. The van der Waals surface area contributed by atoms with E-state index >= 15 is 0 Å². The molecule has 1 aliphatic rings. The standard InChI is InChI=1S/C9H16N4O/c1-10-9(5-14)3-2-8(4-9)13-7-11-6-12-13/h6-8,10,14H,2-5H2,1H3. The van der Waals surface area contributed by atoms with E-state index in [0.717, 1.165) is 19.3 Å². The van der Waals surface area contributed by atoms with Crippen molar-refractivity contribution in [1.29, 1.82) is 0 Å². The lowest BCUT2D eigenvalue weighted by Crippen LogP contribution is -2.44. The van der Waals surface area contributed by atoms with Crippen LogP contribution in [0.15, 0.2) is 12.7 Å². The lowest BCUT2D eigenvalue weighted by molar-refractivity contribution is 0.168. The van der Waals surface area contributed by atoms with Gasteiger partial charge in [0.05, 0.1) is 12.6 Å². The summed E-state index contributed by atoms with van der Waals surface area (Å²) in [5.41, 5.74) is -0.114. The number of hydrogen-bond acceptors (Lipinski definition) is 4. The van der Waals surface area contributed by atoms with Gasteiger partial charge in [0, 0.05) is 5.54 Å². The van der Waals surface area contributed by atoms with Gasteiger partial charge in [-0.15, -0.1) is 0 Å². The zero-order chi connectivity index (χ0) is 10.0. The molecule has 2 atom stereocenters. The Balaban J connectivity index is 2.07. The molecule has 0 aliphatic heterocycles. The molecule has 2 N–H and O–H groups in total. The van der Waals surface area contributed by atoms with Crippen LogP contribution >= 0.6 is 0 Å². The van der Waals surface area contributed by atoms with Crippen molar-refractivity contribution in [2.75, 3.05) is 13.7 Å². The molecule has 1 aromatic heterocycles. The van der Waals surface area contributed by atoms with E-state index in [2.05, 4.69) is 15.4 Å². The fraction of sp³-hybridized carbons (Fsp3) is 0.778. The van der Waals surface area contributed by atoms with Gasteiger partial charge < -0.3 is 10.4 Å². The van der Waals surface area contributed by atoms with Crippen LogP contribution < -0.4 is 5.32 Å². The number of nitrogens with zero attached hydrogens (tertiary/aromatic N) is 3. The Morgan fingerprint density at radius 3 is 3.07 bits per heavy atom. The summed E-state index contributed by atoms with van der Waals surface area (Å²) >= 11 is 0. The SMILES string of the molecule is CNC1(CO)CCC(n2cncn2)C1. The summed E-state index contributed by atoms with van der Waals surface area (Å²) in [5.74, 6) is 0. The van der Waals surface area contributed by atoms with Crippen LogP contribution in [0.1, 0.15) is 25.3 Å². The number of hydrogen-bond donors (Lipinski definition) is 2. The van der Waals surface area contributed by atoms with Gasteiger partial charge in [-0.2, -0.15) is 5.10 Å². The Morgan fingerprint density at radius 2 is 2.57 bits per heavy atom. The van der Waals surface area contributed by atoms with Gasteiger partial charge in [-0.1, -0.05) is 0 Å². The Kier molecular flexibility index (Phi) is 2.52. The first-order valence-corrected chi connectivity index (χ1v) is 4.93. The highest BCUT2D eigenvalue weighted by atomic mass is 16.3. The highest BCUT2D eigenvalue weighted by molar-refractivity contribution is 4.96. The van der Waals surface area contributed by atoms with Crippen LogP contribution in [0.2, 0.25) is 0 Å². The third kappa shape index (κ3) is 1.53. The molecule has 1 fully saturated rings. The lowest BCUT2D eigenvalue weighted by Gasteiger charge is -2.26. The number of likely N-dealkylation sites (N-methyl/N-ethyl adjacent to an activating group) is 1. The second-order valence-corrected chi connectivity index (χ2v) is 3.96. The predicted molar refractivity (Wildman–Crippen MR) is 51.8 cm³/mol. The summed E-state index contributed by atoms with van der Waals surface area (Å²) in [6.07, 6.45) is 6.25. The summed E-state index contributed by atoms with van der Waals surface area (Å²) in [5, 5.41) is 16.7. The van der Waals surface area contributed by atoms with Crippen LogP contribution in [0.5, 0.6) is 0 Å². The topological polar surface area (TPSA) is 63.0 Å². The molecule has 1 saturated carbocycles. The van der Waals surface area contributed by atoms with Gasteiger partial charge in [0.2, 0.25) is 0 Å². The second-order valence-electron chi connectivity index (χ2n) is 3.96. The molecule has 5 heteroatoms. The minimum absolute atomic E-state index is 0.114. The maximum atomic E-state index is 9.32. The molecule has 2 unspecified atom stereocenters. The molecule has 78 valence electrons. The first-order chi connectivity index (χ1) is 6.79. The highest BCUT2D eigenvalue weighted by Crippen LogP contribution is 2.36. The maximum Gasteiger partial charge on any atom is 0.137 e. The zero-order valence-electron chi connectivity index (χ0n) is 8.35. The van der Waals surface area contributed by atoms with E-state index in [9.17, 15) is 5.11 Å². The zero-order valence-corrected chi connectivity index (χ0v) is 8.35. The number of rotatable bonds is 3. The molecule has 0 amide bonds. The molecule has 1 aliphatic carbocycles. The van der Waals surface area contributed by atoms with Crippen molar-refractivity contribution in [3.63, 3.8) is 0 Å². The molecule has 0 saturated heterocycles. The number of aliphatic hydroxyl groups excluding tert-OH is 1. The summed E-state index contributed by atoms with van der Waals surface area (Å²) in [6, 6.07) is 0.372. The minimum atomic E-state index is -0.114. The van der Waals surface area contributed by atoms with E-state index in [-0.39, 0.29) is 12.1 Å². The van der Waals surface area contributed by atoms with Crippen molar-refractivity contribution in [3.05, 3.63) is 12.7 Å². The van der Waals surface area contributed by atoms with Crippen LogP contribution in [-0.2, 0) is 0 Å². The highest BCUT2D eigenvalue weighted by Gasteiger charge is 2.38.